The van der Waals surface area contributed by atoms with Gasteiger partial charge in [-0.3, -0.25) is 0 Å². The number of likely N-dealkylation sites (tertiary alicyclic amines) is 1. The van der Waals surface area contributed by atoms with Gasteiger partial charge < -0.3 is 20.9 Å². The van der Waals surface area contributed by atoms with Crippen LogP contribution in [0.5, 0.6) is 0 Å². The Morgan fingerprint density at radius 1 is 1.12 bits per heavy atom. The molecular weight excluding hydrogens is 315 g/mol. The second-order valence-electron chi connectivity index (χ2n) is 10.6. The molecule has 0 amide bonds. The number of halogens is 1. The molecule has 2 aliphatic heterocycles. The van der Waals surface area contributed by atoms with Gasteiger partial charge in [0.1, 0.15) is 6.17 Å². The summed E-state index contributed by atoms with van der Waals surface area (Å²) in [5, 5.41) is 10.5. The van der Waals surface area contributed by atoms with Gasteiger partial charge in [0.25, 0.3) is 0 Å². The average molecular weight is 357 g/mol. The number of rotatable bonds is 5. The average Bonchev–Trinajstić information content (AvgIpc) is 2.42. The monoisotopic (exact) mass is 356 g/mol. The maximum atomic E-state index is 14.1. The summed E-state index contributed by atoms with van der Waals surface area (Å²) in [7, 11) is 0. The molecule has 1 unspecified atom stereocenters. The fourth-order valence-corrected chi connectivity index (χ4v) is 4.48. The summed E-state index contributed by atoms with van der Waals surface area (Å²) in [4.78, 5) is 2.56. The molecule has 2 aliphatic rings. The van der Waals surface area contributed by atoms with Crippen molar-refractivity contribution in [2.45, 2.75) is 90.6 Å². The first-order valence-corrected chi connectivity index (χ1v) is 10.0. The molecule has 25 heavy (non-hydrogen) atoms. The van der Waals surface area contributed by atoms with Gasteiger partial charge in [-0.25, -0.2) is 4.39 Å². The van der Waals surface area contributed by atoms with Crippen LogP contribution in [-0.4, -0.2) is 67.0 Å². The highest BCUT2D eigenvalue weighted by Crippen LogP contribution is 2.31. The first-order valence-electron chi connectivity index (χ1n) is 10.0. The third kappa shape index (κ3) is 6.46. The minimum absolute atomic E-state index is 0.0237. The highest BCUT2D eigenvalue weighted by atomic mass is 19.1. The Balaban J connectivity index is 1.90. The van der Waals surface area contributed by atoms with E-state index in [4.69, 9.17) is 0 Å². The van der Waals surface area contributed by atoms with Crippen LogP contribution in [0.25, 0.3) is 0 Å². The molecule has 148 valence electrons. The zero-order valence-electron chi connectivity index (χ0n) is 17.5. The first-order chi connectivity index (χ1) is 11.4. The number of hydrogen-bond donors (Lipinski definition) is 3. The highest BCUT2D eigenvalue weighted by molar-refractivity contribution is 4.97. The maximum Gasteiger partial charge on any atom is 0.128 e. The molecule has 0 bridgehead atoms. The molecule has 4 nitrogen and oxygen atoms in total. The maximum absolute atomic E-state index is 14.1. The number of piperidine rings is 2. The third-order valence-corrected chi connectivity index (χ3v) is 5.52. The zero-order valence-corrected chi connectivity index (χ0v) is 17.5. The molecule has 3 N–H and O–H groups in total. The van der Waals surface area contributed by atoms with E-state index in [0.717, 1.165) is 32.6 Å². The summed E-state index contributed by atoms with van der Waals surface area (Å²) in [6.07, 6.45) is 1.25. The van der Waals surface area contributed by atoms with E-state index >= 15 is 0 Å². The van der Waals surface area contributed by atoms with Crippen LogP contribution in [0.3, 0.4) is 0 Å². The second kappa shape index (κ2) is 7.79. The lowest BCUT2D eigenvalue weighted by Gasteiger charge is -2.49. The van der Waals surface area contributed by atoms with Crippen molar-refractivity contribution in [3.8, 4) is 0 Å². The van der Waals surface area contributed by atoms with Crippen LogP contribution < -0.4 is 16.0 Å². The SMILES string of the molecule is CC(C)(C)NC1CCN(CC(C)(C)N[C@@H]2CCNC[C@@H]2F)CC1(C)C. The molecule has 0 aromatic rings. The van der Waals surface area contributed by atoms with E-state index < -0.39 is 6.17 Å². The number of nitrogens with zero attached hydrogens (tertiary/aromatic N) is 1. The van der Waals surface area contributed by atoms with Crippen molar-refractivity contribution >= 4 is 0 Å². The van der Waals surface area contributed by atoms with E-state index in [1.165, 1.54) is 6.42 Å². The van der Waals surface area contributed by atoms with Gasteiger partial charge in [-0.05, 0) is 66.0 Å². The van der Waals surface area contributed by atoms with Gasteiger partial charge in [0.05, 0.1) is 0 Å². The summed E-state index contributed by atoms with van der Waals surface area (Å²) in [5.74, 6) is 0. The van der Waals surface area contributed by atoms with Crippen LogP contribution in [0, 0.1) is 5.41 Å². The van der Waals surface area contributed by atoms with Crippen molar-refractivity contribution in [3.63, 3.8) is 0 Å². The van der Waals surface area contributed by atoms with E-state index in [1.807, 2.05) is 0 Å². The highest BCUT2D eigenvalue weighted by Gasteiger charge is 2.39. The molecule has 2 heterocycles. The Bertz CT molecular complexity index is 430. The lowest BCUT2D eigenvalue weighted by atomic mass is 9.77. The van der Waals surface area contributed by atoms with Crippen LogP contribution in [0.2, 0.25) is 0 Å². The van der Waals surface area contributed by atoms with Gasteiger partial charge >= 0.3 is 0 Å². The summed E-state index contributed by atoms with van der Waals surface area (Å²) in [6.45, 7) is 20.4. The van der Waals surface area contributed by atoms with Gasteiger partial charge in [-0.15, -0.1) is 0 Å². The molecule has 2 rings (SSSR count). The molecule has 0 saturated carbocycles. The molecule has 0 radical (unpaired) electrons. The lowest BCUT2D eigenvalue weighted by Crippen LogP contribution is -2.63. The van der Waals surface area contributed by atoms with E-state index in [-0.39, 0.29) is 22.5 Å². The zero-order chi connectivity index (χ0) is 18.9. The van der Waals surface area contributed by atoms with E-state index in [9.17, 15) is 4.39 Å². The molecule has 0 aromatic carbocycles. The molecule has 3 atom stereocenters. The normalized spacial score (nSPS) is 31.9. The predicted octanol–water partition coefficient (Wildman–Crippen LogP) is 2.54. The Morgan fingerprint density at radius 3 is 2.36 bits per heavy atom. The van der Waals surface area contributed by atoms with Gasteiger partial charge in [0, 0.05) is 42.8 Å². The van der Waals surface area contributed by atoms with Crippen molar-refractivity contribution < 1.29 is 4.39 Å². The second-order valence-corrected chi connectivity index (χ2v) is 10.6. The van der Waals surface area contributed by atoms with Crippen molar-refractivity contribution in [2.24, 2.45) is 5.41 Å². The topological polar surface area (TPSA) is 39.3 Å². The van der Waals surface area contributed by atoms with Crippen molar-refractivity contribution in [1.82, 2.24) is 20.9 Å². The smallest absolute Gasteiger partial charge is 0.128 e. The Hall–Kier alpha value is -0.230. The molecular formula is C20H41FN4. The van der Waals surface area contributed by atoms with E-state index in [1.54, 1.807) is 0 Å². The minimum atomic E-state index is -0.786. The standard InChI is InChI=1S/C20H41FN4/c1-18(2,3)24-17-9-11-25(13-19(17,4)5)14-20(6,7)23-16-8-10-22-12-15(16)21/h15-17,22-24H,8-14H2,1-7H3/t15-,16+,17?/m0/s1. The summed E-state index contributed by atoms with van der Waals surface area (Å²) >= 11 is 0. The molecule has 5 heteroatoms. The number of alkyl halides is 1. The van der Waals surface area contributed by atoms with E-state index in [2.05, 4.69) is 69.3 Å². The number of nitrogens with one attached hydrogen (secondary N) is 3. The summed E-state index contributed by atoms with van der Waals surface area (Å²) in [6, 6.07) is 0.517. The van der Waals surface area contributed by atoms with Gasteiger partial charge in [-0.1, -0.05) is 13.8 Å². The number of hydrogen-bond acceptors (Lipinski definition) is 4. The molecule has 0 aliphatic carbocycles. The first kappa shape index (κ1) is 21.1. The largest absolute Gasteiger partial charge is 0.314 e. The predicted molar refractivity (Wildman–Crippen MR) is 105 cm³/mol. The van der Waals surface area contributed by atoms with Crippen LogP contribution in [0.15, 0.2) is 0 Å². The Kier molecular flexibility index (Phi) is 6.57. The van der Waals surface area contributed by atoms with E-state index in [0.29, 0.717) is 12.6 Å². The van der Waals surface area contributed by atoms with Crippen molar-refractivity contribution in [1.29, 1.82) is 0 Å². The van der Waals surface area contributed by atoms with Gasteiger partial charge in [-0.2, -0.15) is 0 Å². The molecule has 0 spiro atoms. The Morgan fingerprint density at radius 2 is 1.80 bits per heavy atom. The molecule has 2 fully saturated rings. The summed E-state index contributed by atoms with van der Waals surface area (Å²) < 4.78 is 14.1. The minimum Gasteiger partial charge on any atom is -0.314 e. The quantitative estimate of drug-likeness (QED) is 0.708. The third-order valence-electron chi connectivity index (χ3n) is 5.52. The van der Waals surface area contributed by atoms with Crippen LogP contribution in [0.1, 0.15) is 61.3 Å². The van der Waals surface area contributed by atoms with Gasteiger partial charge in [0.2, 0.25) is 0 Å². The van der Waals surface area contributed by atoms with Crippen LogP contribution >= 0.6 is 0 Å². The van der Waals surface area contributed by atoms with Crippen LogP contribution in [-0.2, 0) is 0 Å². The van der Waals surface area contributed by atoms with Crippen molar-refractivity contribution in [3.05, 3.63) is 0 Å². The Labute approximate surface area is 154 Å². The lowest BCUT2D eigenvalue weighted by molar-refractivity contribution is 0.0445. The summed E-state index contributed by atoms with van der Waals surface area (Å²) in [5.41, 5.74) is 0.307. The van der Waals surface area contributed by atoms with Crippen molar-refractivity contribution in [2.75, 3.05) is 32.7 Å². The van der Waals surface area contributed by atoms with Crippen LogP contribution in [0.4, 0.5) is 4.39 Å². The van der Waals surface area contributed by atoms with Gasteiger partial charge in [0.15, 0.2) is 0 Å². The fraction of sp³-hybridized carbons (Fsp3) is 1.00. The molecule has 0 aromatic heterocycles. The molecule has 2 saturated heterocycles. The fourth-order valence-electron chi connectivity index (χ4n) is 4.48.